The summed E-state index contributed by atoms with van der Waals surface area (Å²) in [6, 6.07) is 0.833. The Labute approximate surface area is 88.1 Å². The number of hydrogen-bond donors (Lipinski definition) is 1. The van der Waals surface area contributed by atoms with Gasteiger partial charge in [-0.3, -0.25) is 4.90 Å². The van der Waals surface area contributed by atoms with Gasteiger partial charge in [0.2, 0.25) is 0 Å². The van der Waals surface area contributed by atoms with Crippen LogP contribution in [0.15, 0.2) is 0 Å². The van der Waals surface area contributed by atoms with Gasteiger partial charge in [-0.15, -0.1) is 0 Å². The topological polar surface area (TPSA) is 15.3 Å². The normalized spacial score (nSPS) is 28.5. The number of likely N-dealkylation sites (tertiary alicyclic amines) is 1. The van der Waals surface area contributed by atoms with E-state index in [1.54, 1.807) is 0 Å². The molecular weight excluding hydrogens is 172 g/mol. The fraction of sp³-hybridized carbons (Fsp3) is 1.00. The van der Waals surface area contributed by atoms with Crippen LogP contribution >= 0.6 is 0 Å². The Balaban J connectivity index is 1.54. The SMILES string of the molecule is CCN1CCC[C@H]1CNCCC1CC1. The maximum Gasteiger partial charge on any atom is 0.0220 e. The molecule has 1 saturated heterocycles. The van der Waals surface area contributed by atoms with E-state index in [0.29, 0.717) is 0 Å². The van der Waals surface area contributed by atoms with Gasteiger partial charge in [0.1, 0.15) is 0 Å². The van der Waals surface area contributed by atoms with Crippen molar-refractivity contribution in [3.63, 3.8) is 0 Å². The molecule has 1 heterocycles. The molecule has 2 aliphatic rings. The maximum absolute atomic E-state index is 3.62. The summed E-state index contributed by atoms with van der Waals surface area (Å²) in [5.74, 6) is 1.08. The highest BCUT2D eigenvalue weighted by Crippen LogP contribution is 2.31. The molecule has 2 fully saturated rings. The van der Waals surface area contributed by atoms with E-state index < -0.39 is 0 Å². The third kappa shape index (κ3) is 2.96. The molecule has 0 unspecified atom stereocenters. The minimum atomic E-state index is 0.833. The van der Waals surface area contributed by atoms with E-state index in [4.69, 9.17) is 0 Å². The van der Waals surface area contributed by atoms with Crippen LogP contribution in [0.25, 0.3) is 0 Å². The number of nitrogens with zero attached hydrogens (tertiary/aromatic N) is 1. The van der Waals surface area contributed by atoms with Crippen molar-refractivity contribution in [1.29, 1.82) is 0 Å². The molecule has 0 radical (unpaired) electrons. The van der Waals surface area contributed by atoms with Crippen molar-refractivity contribution in [2.24, 2.45) is 5.92 Å². The lowest BCUT2D eigenvalue weighted by molar-refractivity contribution is 0.260. The first-order valence-corrected chi connectivity index (χ1v) is 6.35. The Hall–Kier alpha value is -0.0800. The summed E-state index contributed by atoms with van der Waals surface area (Å²) >= 11 is 0. The first-order chi connectivity index (χ1) is 6.90. The second-order valence-electron chi connectivity index (χ2n) is 4.86. The Bertz CT molecular complexity index is 166. The highest BCUT2D eigenvalue weighted by atomic mass is 15.2. The van der Waals surface area contributed by atoms with Gasteiger partial charge in [0.15, 0.2) is 0 Å². The third-order valence-electron chi connectivity index (χ3n) is 3.71. The number of nitrogens with one attached hydrogen (secondary N) is 1. The molecule has 1 atom stereocenters. The standard InChI is InChI=1S/C12H24N2/c1-2-14-9-3-4-12(14)10-13-8-7-11-5-6-11/h11-13H,2-10H2,1H3/t12-/m0/s1. The van der Waals surface area contributed by atoms with Crippen LogP contribution in [0.2, 0.25) is 0 Å². The summed E-state index contributed by atoms with van der Waals surface area (Å²) in [6.07, 6.45) is 7.21. The molecule has 0 aromatic rings. The average molecular weight is 196 g/mol. The van der Waals surface area contributed by atoms with Gasteiger partial charge in [-0.1, -0.05) is 19.8 Å². The van der Waals surface area contributed by atoms with Crippen LogP contribution in [0.5, 0.6) is 0 Å². The van der Waals surface area contributed by atoms with Gasteiger partial charge in [-0.05, 0) is 44.8 Å². The first-order valence-electron chi connectivity index (χ1n) is 6.35. The molecule has 1 saturated carbocycles. The van der Waals surface area contributed by atoms with Crippen molar-refractivity contribution >= 4 is 0 Å². The van der Waals surface area contributed by atoms with E-state index in [2.05, 4.69) is 17.1 Å². The predicted molar refractivity (Wildman–Crippen MR) is 60.5 cm³/mol. The molecule has 2 heteroatoms. The summed E-state index contributed by atoms with van der Waals surface area (Å²) in [5.41, 5.74) is 0. The largest absolute Gasteiger partial charge is 0.315 e. The lowest BCUT2D eigenvalue weighted by Crippen LogP contribution is -2.38. The minimum Gasteiger partial charge on any atom is -0.315 e. The molecule has 0 bridgehead atoms. The molecule has 0 aromatic carbocycles. The van der Waals surface area contributed by atoms with Crippen molar-refractivity contribution in [3.05, 3.63) is 0 Å². The number of likely N-dealkylation sites (N-methyl/N-ethyl adjacent to an activating group) is 1. The van der Waals surface area contributed by atoms with Crippen LogP contribution in [0.1, 0.15) is 39.0 Å². The molecule has 1 aliphatic carbocycles. The summed E-state index contributed by atoms with van der Waals surface area (Å²) in [4.78, 5) is 2.62. The zero-order valence-electron chi connectivity index (χ0n) is 9.47. The molecule has 82 valence electrons. The summed E-state index contributed by atoms with van der Waals surface area (Å²) < 4.78 is 0. The van der Waals surface area contributed by atoms with E-state index in [9.17, 15) is 0 Å². The van der Waals surface area contributed by atoms with Crippen LogP contribution in [-0.4, -0.2) is 37.1 Å². The smallest absolute Gasteiger partial charge is 0.0220 e. The van der Waals surface area contributed by atoms with Crippen molar-refractivity contribution < 1.29 is 0 Å². The summed E-state index contributed by atoms with van der Waals surface area (Å²) in [6.45, 7) is 7.31. The van der Waals surface area contributed by atoms with Gasteiger partial charge in [0.05, 0.1) is 0 Å². The van der Waals surface area contributed by atoms with E-state index in [0.717, 1.165) is 12.0 Å². The number of hydrogen-bond acceptors (Lipinski definition) is 2. The highest BCUT2D eigenvalue weighted by molar-refractivity contribution is 4.80. The predicted octanol–water partition coefficient (Wildman–Crippen LogP) is 1.86. The van der Waals surface area contributed by atoms with Gasteiger partial charge < -0.3 is 5.32 Å². The van der Waals surface area contributed by atoms with Gasteiger partial charge in [-0.25, -0.2) is 0 Å². The van der Waals surface area contributed by atoms with E-state index >= 15 is 0 Å². The summed E-state index contributed by atoms with van der Waals surface area (Å²) in [7, 11) is 0. The monoisotopic (exact) mass is 196 g/mol. The first kappa shape index (κ1) is 10.4. The van der Waals surface area contributed by atoms with Crippen molar-refractivity contribution in [2.75, 3.05) is 26.2 Å². The van der Waals surface area contributed by atoms with E-state index in [1.807, 2.05) is 0 Å². The zero-order chi connectivity index (χ0) is 9.80. The third-order valence-corrected chi connectivity index (χ3v) is 3.71. The Kier molecular flexibility index (Phi) is 3.82. The molecular formula is C12H24N2. The second-order valence-corrected chi connectivity index (χ2v) is 4.86. The Morgan fingerprint density at radius 2 is 2.14 bits per heavy atom. The van der Waals surface area contributed by atoms with Gasteiger partial charge in [0, 0.05) is 12.6 Å². The van der Waals surface area contributed by atoms with Crippen molar-refractivity contribution in [2.45, 2.75) is 45.1 Å². The van der Waals surface area contributed by atoms with E-state index in [1.165, 1.54) is 58.3 Å². The minimum absolute atomic E-state index is 0.833. The van der Waals surface area contributed by atoms with Crippen LogP contribution in [0, 0.1) is 5.92 Å². The molecule has 1 aliphatic heterocycles. The Morgan fingerprint density at radius 3 is 2.86 bits per heavy atom. The highest BCUT2D eigenvalue weighted by Gasteiger charge is 2.23. The number of rotatable bonds is 6. The zero-order valence-corrected chi connectivity index (χ0v) is 9.47. The van der Waals surface area contributed by atoms with Gasteiger partial charge in [-0.2, -0.15) is 0 Å². The van der Waals surface area contributed by atoms with Crippen LogP contribution in [0.4, 0.5) is 0 Å². The van der Waals surface area contributed by atoms with Gasteiger partial charge in [0.25, 0.3) is 0 Å². The quantitative estimate of drug-likeness (QED) is 0.652. The van der Waals surface area contributed by atoms with Crippen LogP contribution in [0.3, 0.4) is 0 Å². The average Bonchev–Trinajstić information content (AvgIpc) is 2.91. The summed E-state index contributed by atoms with van der Waals surface area (Å²) in [5, 5.41) is 3.62. The van der Waals surface area contributed by atoms with Gasteiger partial charge >= 0.3 is 0 Å². The fourth-order valence-corrected chi connectivity index (χ4v) is 2.52. The van der Waals surface area contributed by atoms with E-state index in [-0.39, 0.29) is 0 Å². The molecule has 2 rings (SSSR count). The molecule has 0 amide bonds. The lowest BCUT2D eigenvalue weighted by Gasteiger charge is -2.22. The molecule has 0 aromatic heterocycles. The second kappa shape index (κ2) is 5.13. The maximum atomic E-state index is 3.62. The van der Waals surface area contributed by atoms with Crippen molar-refractivity contribution in [3.8, 4) is 0 Å². The molecule has 14 heavy (non-hydrogen) atoms. The Morgan fingerprint density at radius 1 is 1.29 bits per heavy atom. The fourth-order valence-electron chi connectivity index (χ4n) is 2.52. The van der Waals surface area contributed by atoms with Crippen LogP contribution < -0.4 is 5.32 Å². The van der Waals surface area contributed by atoms with Crippen LogP contribution in [-0.2, 0) is 0 Å². The lowest BCUT2D eigenvalue weighted by atomic mass is 10.2. The molecule has 2 nitrogen and oxygen atoms in total. The van der Waals surface area contributed by atoms with Crippen molar-refractivity contribution in [1.82, 2.24) is 10.2 Å². The molecule has 1 N–H and O–H groups in total. The molecule has 0 spiro atoms.